The molecule has 2 fully saturated rings. The lowest BCUT2D eigenvalue weighted by Crippen LogP contribution is -2.57. The summed E-state index contributed by atoms with van der Waals surface area (Å²) in [7, 11) is 1.31. The summed E-state index contributed by atoms with van der Waals surface area (Å²) in [4.78, 5) is 23.8. The van der Waals surface area contributed by atoms with E-state index in [-0.39, 0.29) is 25.0 Å². The molecule has 2 aliphatic heterocycles. The molecule has 0 aliphatic carbocycles. The van der Waals surface area contributed by atoms with Gasteiger partial charge in [-0.2, -0.15) is 0 Å². The molecule has 0 aromatic heterocycles. The van der Waals surface area contributed by atoms with Crippen molar-refractivity contribution >= 4 is 11.9 Å². The fourth-order valence-electron chi connectivity index (χ4n) is 2.36. The van der Waals surface area contributed by atoms with Gasteiger partial charge in [-0.1, -0.05) is 0 Å². The first-order valence-corrected chi connectivity index (χ1v) is 6.44. The van der Waals surface area contributed by atoms with E-state index in [0.29, 0.717) is 26.2 Å². The van der Waals surface area contributed by atoms with Crippen LogP contribution in [0.4, 0.5) is 0 Å². The highest BCUT2D eigenvalue weighted by Gasteiger charge is 2.45. The van der Waals surface area contributed by atoms with Crippen LogP contribution in [-0.4, -0.2) is 63.5 Å². The van der Waals surface area contributed by atoms with Crippen LogP contribution in [0.2, 0.25) is 0 Å². The van der Waals surface area contributed by atoms with Crippen LogP contribution < -0.4 is 10.6 Å². The lowest BCUT2D eigenvalue weighted by Gasteiger charge is -2.28. The summed E-state index contributed by atoms with van der Waals surface area (Å²) < 4.78 is 15.3. The van der Waals surface area contributed by atoms with Gasteiger partial charge >= 0.3 is 5.97 Å². The van der Waals surface area contributed by atoms with Gasteiger partial charge in [-0.05, 0) is 0 Å². The summed E-state index contributed by atoms with van der Waals surface area (Å²) in [5.41, 5.74) is -1.03. The van der Waals surface area contributed by atoms with Gasteiger partial charge in [-0.15, -0.1) is 0 Å². The number of hydrogen-bond donors (Lipinski definition) is 2. The molecule has 1 amide bonds. The maximum Gasteiger partial charge on any atom is 0.334 e. The second kappa shape index (κ2) is 6.31. The van der Waals surface area contributed by atoms with Crippen LogP contribution in [-0.2, 0) is 23.8 Å². The Labute approximate surface area is 112 Å². The molecule has 108 valence electrons. The Morgan fingerprint density at radius 2 is 2.26 bits per heavy atom. The SMILES string of the molecule is COC(=O)C1(NC(=O)CC2COCCN2)CCOC1. The maximum absolute atomic E-state index is 12.0. The molecule has 19 heavy (non-hydrogen) atoms. The highest BCUT2D eigenvalue weighted by atomic mass is 16.5. The monoisotopic (exact) mass is 272 g/mol. The number of rotatable bonds is 4. The van der Waals surface area contributed by atoms with E-state index in [1.807, 2.05) is 0 Å². The maximum atomic E-state index is 12.0. The molecule has 0 aromatic rings. The second-order valence-electron chi connectivity index (χ2n) is 4.85. The Hall–Kier alpha value is -1.18. The van der Waals surface area contributed by atoms with Crippen molar-refractivity contribution in [3.05, 3.63) is 0 Å². The van der Waals surface area contributed by atoms with Gasteiger partial charge in [-0.3, -0.25) is 4.79 Å². The number of amides is 1. The number of methoxy groups -OCH3 is 1. The van der Waals surface area contributed by atoms with Gasteiger partial charge in [0.2, 0.25) is 5.91 Å². The van der Waals surface area contributed by atoms with Gasteiger partial charge in [0.05, 0.1) is 26.9 Å². The Morgan fingerprint density at radius 1 is 1.42 bits per heavy atom. The van der Waals surface area contributed by atoms with Crippen molar-refractivity contribution in [3.8, 4) is 0 Å². The third-order valence-corrected chi connectivity index (χ3v) is 3.41. The topological polar surface area (TPSA) is 85.9 Å². The normalized spacial score (nSPS) is 30.9. The van der Waals surface area contributed by atoms with E-state index in [1.54, 1.807) is 0 Å². The quantitative estimate of drug-likeness (QED) is 0.626. The number of carbonyl (C=O) groups is 2. The van der Waals surface area contributed by atoms with Gasteiger partial charge < -0.3 is 24.8 Å². The molecule has 2 saturated heterocycles. The number of nitrogens with one attached hydrogen (secondary N) is 2. The fraction of sp³-hybridized carbons (Fsp3) is 0.833. The predicted molar refractivity (Wildman–Crippen MR) is 65.6 cm³/mol. The minimum Gasteiger partial charge on any atom is -0.467 e. The van der Waals surface area contributed by atoms with E-state index in [2.05, 4.69) is 10.6 Å². The molecule has 2 atom stereocenters. The third-order valence-electron chi connectivity index (χ3n) is 3.41. The molecule has 0 spiro atoms. The van der Waals surface area contributed by atoms with Crippen molar-refractivity contribution in [3.63, 3.8) is 0 Å². The van der Waals surface area contributed by atoms with Crippen molar-refractivity contribution in [2.24, 2.45) is 0 Å². The minimum atomic E-state index is -1.03. The summed E-state index contributed by atoms with van der Waals surface area (Å²) in [6, 6.07) is -0.00855. The molecule has 2 aliphatic rings. The van der Waals surface area contributed by atoms with E-state index in [1.165, 1.54) is 7.11 Å². The van der Waals surface area contributed by atoms with Gasteiger partial charge in [0, 0.05) is 32.0 Å². The first-order valence-electron chi connectivity index (χ1n) is 6.44. The van der Waals surface area contributed by atoms with Crippen LogP contribution >= 0.6 is 0 Å². The summed E-state index contributed by atoms with van der Waals surface area (Å²) in [6.45, 7) is 2.52. The number of morpholine rings is 1. The second-order valence-corrected chi connectivity index (χ2v) is 4.85. The van der Waals surface area contributed by atoms with Crippen LogP contribution in [0, 0.1) is 0 Å². The van der Waals surface area contributed by atoms with Crippen LogP contribution in [0.25, 0.3) is 0 Å². The molecule has 2 N–H and O–H groups in total. The zero-order valence-electron chi connectivity index (χ0n) is 11.1. The first kappa shape index (κ1) is 14.2. The van der Waals surface area contributed by atoms with Crippen molar-refractivity contribution in [2.75, 3.05) is 40.1 Å². The smallest absolute Gasteiger partial charge is 0.334 e. The zero-order valence-corrected chi connectivity index (χ0v) is 11.1. The molecule has 7 heteroatoms. The van der Waals surface area contributed by atoms with Gasteiger partial charge in [-0.25, -0.2) is 4.79 Å². The van der Waals surface area contributed by atoms with Crippen molar-refractivity contribution in [1.29, 1.82) is 0 Å². The van der Waals surface area contributed by atoms with Crippen LogP contribution in [0.3, 0.4) is 0 Å². The minimum absolute atomic E-state index is 0.00855. The van der Waals surface area contributed by atoms with E-state index >= 15 is 0 Å². The predicted octanol–water partition coefficient (Wildman–Crippen LogP) is -1.19. The number of hydrogen-bond acceptors (Lipinski definition) is 6. The largest absolute Gasteiger partial charge is 0.467 e. The number of ether oxygens (including phenoxy) is 3. The highest BCUT2D eigenvalue weighted by Crippen LogP contribution is 2.20. The van der Waals surface area contributed by atoms with Crippen LogP contribution in [0.15, 0.2) is 0 Å². The summed E-state index contributed by atoms with van der Waals surface area (Å²) in [5.74, 6) is -0.648. The average Bonchev–Trinajstić information content (AvgIpc) is 2.88. The Morgan fingerprint density at radius 3 is 2.84 bits per heavy atom. The van der Waals surface area contributed by atoms with Crippen molar-refractivity contribution in [1.82, 2.24) is 10.6 Å². The summed E-state index contributed by atoms with van der Waals surface area (Å²) >= 11 is 0. The first-order chi connectivity index (χ1) is 9.16. The fourth-order valence-corrected chi connectivity index (χ4v) is 2.36. The van der Waals surface area contributed by atoms with E-state index in [0.717, 1.165) is 6.54 Å². The standard InChI is InChI=1S/C12H20N2O5/c1-17-11(16)12(2-4-19-8-12)14-10(15)6-9-7-18-5-3-13-9/h9,13H,2-8H2,1H3,(H,14,15). The molecular weight excluding hydrogens is 252 g/mol. The van der Waals surface area contributed by atoms with Gasteiger partial charge in [0.15, 0.2) is 5.54 Å². The Kier molecular flexibility index (Phi) is 4.73. The highest BCUT2D eigenvalue weighted by molar-refractivity contribution is 5.88. The zero-order chi connectivity index (χ0) is 13.7. The Balaban J connectivity index is 1.89. The molecule has 0 saturated carbocycles. The lowest BCUT2D eigenvalue weighted by molar-refractivity contribution is -0.151. The molecule has 2 heterocycles. The number of carbonyl (C=O) groups excluding carboxylic acids is 2. The van der Waals surface area contributed by atoms with Crippen molar-refractivity contribution < 1.29 is 23.8 Å². The van der Waals surface area contributed by atoms with Crippen LogP contribution in [0.1, 0.15) is 12.8 Å². The molecule has 2 rings (SSSR count). The Bertz CT molecular complexity index is 335. The molecule has 0 bridgehead atoms. The van der Waals surface area contributed by atoms with E-state index < -0.39 is 11.5 Å². The van der Waals surface area contributed by atoms with E-state index in [4.69, 9.17) is 14.2 Å². The van der Waals surface area contributed by atoms with Gasteiger partial charge in [0.1, 0.15) is 0 Å². The number of esters is 1. The average molecular weight is 272 g/mol. The summed E-state index contributed by atoms with van der Waals surface area (Å²) in [6.07, 6.45) is 0.721. The lowest BCUT2D eigenvalue weighted by atomic mass is 9.98. The summed E-state index contributed by atoms with van der Waals surface area (Å²) in [5, 5.41) is 5.95. The van der Waals surface area contributed by atoms with Crippen LogP contribution in [0.5, 0.6) is 0 Å². The molecule has 7 nitrogen and oxygen atoms in total. The molecule has 0 radical (unpaired) electrons. The van der Waals surface area contributed by atoms with Crippen molar-refractivity contribution in [2.45, 2.75) is 24.4 Å². The molecule has 0 aromatic carbocycles. The molecule has 2 unspecified atom stereocenters. The third kappa shape index (κ3) is 3.43. The van der Waals surface area contributed by atoms with Gasteiger partial charge in [0.25, 0.3) is 0 Å². The van der Waals surface area contributed by atoms with E-state index in [9.17, 15) is 9.59 Å². The molecular formula is C12H20N2O5.